The van der Waals surface area contributed by atoms with Gasteiger partial charge in [-0.3, -0.25) is 0 Å². The van der Waals surface area contributed by atoms with E-state index in [9.17, 15) is 5.11 Å². The molecule has 58 valence electrons. The number of aliphatic hydroxyl groups is 1. The summed E-state index contributed by atoms with van der Waals surface area (Å²) in [5, 5.41) is 10.5. The number of hydrogen-bond donors (Lipinski definition) is 1. The second-order valence-corrected chi connectivity index (χ2v) is 5.11. The Morgan fingerprint density at radius 1 is 1.70 bits per heavy atom. The van der Waals surface area contributed by atoms with E-state index < -0.39 is 0 Å². The van der Waals surface area contributed by atoms with E-state index in [0.717, 1.165) is 5.32 Å². The fraction of sp³-hybridized carbons (Fsp3) is 1.00. The Morgan fingerprint density at radius 3 is 2.80 bits per heavy atom. The minimum absolute atomic E-state index is 0.0787. The van der Waals surface area contributed by atoms with Gasteiger partial charge in [0.05, 0.1) is 0 Å². The second-order valence-electron chi connectivity index (χ2n) is 2.57. The van der Waals surface area contributed by atoms with Gasteiger partial charge in [-0.1, -0.05) is 0 Å². The Bertz CT molecular complexity index is 141. The van der Waals surface area contributed by atoms with Crippen LogP contribution in [0.15, 0.2) is 0 Å². The average Bonchev–Trinajstić information content (AvgIpc) is 2.46. The summed E-state index contributed by atoms with van der Waals surface area (Å²) in [5.74, 6) is 0. The van der Waals surface area contributed by atoms with Gasteiger partial charge in [-0.15, -0.1) is 0 Å². The first-order valence-electron chi connectivity index (χ1n) is 3.31. The van der Waals surface area contributed by atoms with Gasteiger partial charge in [-0.05, 0) is 0 Å². The van der Waals surface area contributed by atoms with E-state index in [0.29, 0.717) is 19.8 Å². The molecule has 2 rings (SSSR count). The molecule has 3 nitrogen and oxygen atoms in total. The third-order valence-electron chi connectivity index (χ3n) is 1.98. The van der Waals surface area contributed by atoms with Crippen molar-refractivity contribution in [1.29, 1.82) is 0 Å². The molecule has 0 aromatic heterocycles. The Kier molecular flexibility index (Phi) is 1.74. The Hall–Kier alpha value is 0.399. The molecule has 2 fully saturated rings. The normalized spacial score (nSPS) is 52.2. The summed E-state index contributed by atoms with van der Waals surface area (Å²) < 4.78 is 10.4. The SMILES string of the molecule is CO[C@H]1OC2C[Se]C1[C@H]2O. The summed E-state index contributed by atoms with van der Waals surface area (Å²) in [4.78, 5) is 0.294. The van der Waals surface area contributed by atoms with Gasteiger partial charge in [0.1, 0.15) is 0 Å². The van der Waals surface area contributed by atoms with Crippen molar-refractivity contribution in [1.82, 2.24) is 0 Å². The number of ether oxygens (including phenoxy) is 2. The molecule has 1 N–H and O–H groups in total. The summed E-state index contributed by atoms with van der Waals surface area (Å²) in [6.07, 6.45) is -0.284. The first-order valence-corrected chi connectivity index (χ1v) is 5.51. The van der Waals surface area contributed by atoms with Crippen LogP contribution in [-0.2, 0) is 9.47 Å². The number of rotatable bonds is 1. The summed E-state index contributed by atoms with van der Waals surface area (Å²) in [6.45, 7) is 0. The molecule has 2 aliphatic heterocycles. The summed E-state index contributed by atoms with van der Waals surface area (Å²) in [6, 6.07) is 0. The number of fused-ring (bicyclic) bond motifs is 2. The van der Waals surface area contributed by atoms with E-state index in [2.05, 4.69) is 0 Å². The van der Waals surface area contributed by atoms with Crippen LogP contribution >= 0.6 is 0 Å². The zero-order valence-corrected chi connectivity index (χ0v) is 7.40. The van der Waals surface area contributed by atoms with Crippen molar-refractivity contribution in [3.63, 3.8) is 0 Å². The molecule has 2 aliphatic rings. The van der Waals surface area contributed by atoms with E-state index in [1.807, 2.05) is 0 Å². The average molecular weight is 209 g/mol. The monoisotopic (exact) mass is 210 g/mol. The Morgan fingerprint density at radius 2 is 2.50 bits per heavy atom. The fourth-order valence-electron chi connectivity index (χ4n) is 1.41. The molecule has 2 heterocycles. The molecule has 2 saturated heterocycles. The first kappa shape index (κ1) is 7.07. The van der Waals surface area contributed by atoms with Crippen molar-refractivity contribution < 1.29 is 14.6 Å². The quantitative estimate of drug-likeness (QED) is 0.599. The predicted molar refractivity (Wildman–Crippen MR) is 36.0 cm³/mol. The molecular weight excluding hydrogens is 199 g/mol. The number of aliphatic hydroxyl groups excluding tert-OH is 1. The van der Waals surface area contributed by atoms with Crippen LogP contribution in [0.5, 0.6) is 0 Å². The summed E-state index contributed by atoms with van der Waals surface area (Å²) in [5.41, 5.74) is 0. The first-order chi connectivity index (χ1) is 4.83. The summed E-state index contributed by atoms with van der Waals surface area (Å²) in [7, 11) is 1.63. The molecular formula is C6H10O3Se. The van der Waals surface area contributed by atoms with Gasteiger partial charge >= 0.3 is 65.3 Å². The molecule has 0 saturated carbocycles. The predicted octanol–water partition coefficient (Wildman–Crippen LogP) is -0.357. The molecule has 2 unspecified atom stereocenters. The molecule has 4 atom stereocenters. The van der Waals surface area contributed by atoms with Gasteiger partial charge < -0.3 is 0 Å². The molecule has 0 amide bonds. The van der Waals surface area contributed by atoms with Crippen molar-refractivity contribution in [2.75, 3.05) is 7.11 Å². The maximum atomic E-state index is 9.44. The Balaban J connectivity index is 2.08. The van der Waals surface area contributed by atoms with E-state index in [-0.39, 0.29) is 18.5 Å². The van der Waals surface area contributed by atoms with Crippen LogP contribution in [0.1, 0.15) is 0 Å². The van der Waals surface area contributed by atoms with Gasteiger partial charge in [0.25, 0.3) is 0 Å². The van der Waals surface area contributed by atoms with Gasteiger partial charge in [0.15, 0.2) is 0 Å². The minimum atomic E-state index is -0.245. The maximum absolute atomic E-state index is 9.44. The fourth-order valence-corrected chi connectivity index (χ4v) is 4.33. The summed E-state index contributed by atoms with van der Waals surface area (Å²) >= 11 is 0.531. The van der Waals surface area contributed by atoms with Crippen molar-refractivity contribution in [3.8, 4) is 0 Å². The van der Waals surface area contributed by atoms with Crippen molar-refractivity contribution >= 4 is 15.0 Å². The zero-order chi connectivity index (χ0) is 7.14. The number of methoxy groups -OCH3 is 1. The second kappa shape index (κ2) is 2.47. The van der Waals surface area contributed by atoms with E-state index in [1.165, 1.54) is 0 Å². The van der Waals surface area contributed by atoms with Crippen LogP contribution in [0.4, 0.5) is 0 Å². The molecule has 10 heavy (non-hydrogen) atoms. The van der Waals surface area contributed by atoms with Gasteiger partial charge in [0, 0.05) is 0 Å². The van der Waals surface area contributed by atoms with Crippen molar-refractivity contribution in [3.05, 3.63) is 0 Å². The van der Waals surface area contributed by atoms with Crippen LogP contribution in [0.25, 0.3) is 0 Å². The van der Waals surface area contributed by atoms with E-state index in [4.69, 9.17) is 9.47 Å². The molecule has 0 spiro atoms. The molecule has 4 heteroatoms. The van der Waals surface area contributed by atoms with Gasteiger partial charge in [-0.2, -0.15) is 0 Å². The molecule has 0 radical (unpaired) electrons. The van der Waals surface area contributed by atoms with Gasteiger partial charge in [-0.25, -0.2) is 0 Å². The van der Waals surface area contributed by atoms with Crippen LogP contribution in [0.3, 0.4) is 0 Å². The molecule has 0 aliphatic carbocycles. The molecule has 0 aromatic rings. The Labute approximate surface area is 65.9 Å². The zero-order valence-electron chi connectivity index (χ0n) is 5.69. The van der Waals surface area contributed by atoms with Crippen LogP contribution in [0.2, 0.25) is 10.1 Å². The van der Waals surface area contributed by atoms with Crippen LogP contribution in [0, 0.1) is 0 Å². The third kappa shape index (κ3) is 0.840. The third-order valence-corrected chi connectivity index (χ3v) is 4.93. The standard InChI is InChI=1S/C6H10O3Se/c1-8-6-5-4(7)3(9-6)2-10-5/h3-7H,2H2,1H3/t3?,4-,5?,6-/m0/s1. The molecule has 0 aromatic carbocycles. The topological polar surface area (TPSA) is 38.7 Å². The molecule has 2 bridgehead atoms. The van der Waals surface area contributed by atoms with Gasteiger partial charge in [0.2, 0.25) is 0 Å². The number of hydrogen-bond acceptors (Lipinski definition) is 3. The van der Waals surface area contributed by atoms with E-state index >= 15 is 0 Å². The van der Waals surface area contributed by atoms with E-state index in [1.54, 1.807) is 7.11 Å². The van der Waals surface area contributed by atoms with Crippen LogP contribution < -0.4 is 0 Å². The van der Waals surface area contributed by atoms with Crippen molar-refractivity contribution in [2.24, 2.45) is 0 Å². The van der Waals surface area contributed by atoms with Crippen molar-refractivity contribution in [2.45, 2.75) is 28.6 Å². The van der Waals surface area contributed by atoms with Crippen LogP contribution in [-0.4, -0.2) is 45.7 Å².